The third kappa shape index (κ3) is 11.2. The van der Waals surface area contributed by atoms with Crippen molar-refractivity contribution in [3.8, 4) is 34.5 Å². The molecule has 4 aromatic rings. The van der Waals surface area contributed by atoms with Crippen LogP contribution in [0.2, 0.25) is 0 Å². The Hall–Kier alpha value is -5.16. The van der Waals surface area contributed by atoms with Crippen molar-refractivity contribution in [3.63, 3.8) is 0 Å². The van der Waals surface area contributed by atoms with Gasteiger partial charge in [-0.2, -0.15) is 0 Å². The zero-order valence-electron chi connectivity index (χ0n) is 31.2. The second kappa shape index (κ2) is 20.2. The second-order valence-electron chi connectivity index (χ2n) is 11.3. The van der Waals surface area contributed by atoms with Gasteiger partial charge in [0, 0.05) is 5.69 Å². The lowest BCUT2D eigenvalue weighted by Crippen LogP contribution is -2.16. The average Bonchev–Trinajstić information content (AvgIpc) is 3.18. The summed E-state index contributed by atoms with van der Waals surface area (Å²) in [4.78, 5) is 12.7. The fourth-order valence-corrected chi connectivity index (χ4v) is 7.33. The minimum atomic E-state index is -3.63. The molecule has 1 N–H and O–H groups in total. The van der Waals surface area contributed by atoms with E-state index in [4.69, 9.17) is 42.2 Å². The molecule has 1 atom stereocenters. The monoisotopic (exact) mass is 749 g/mol. The summed E-state index contributed by atoms with van der Waals surface area (Å²) in [6.07, 6.45) is 3.89. The van der Waals surface area contributed by atoms with E-state index in [0.717, 1.165) is 16.7 Å². The van der Waals surface area contributed by atoms with Gasteiger partial charge in [-0.3, -0.25) is 9.36 Å². The minimum Gasteiger partial charge on any atom is -0.497 e. The SMILES string of the molecule is CCOP(=O)(OCC)C(Nc1ccc(CC(=O)OCCOc2cc(/C=C\c3cc(OC)c(OC)c(OC)c3)ccc2OC)cc1)c1cccc(OC)c1. The van der Waals surface area contributed by atoms with Crippen LogP contribution in [0.5, 0.6) is 34.5 Å². The van der Waals surface area contributed by atoms with E-state index in [0.29, 0.717) is 45.7 Å². The summed E-state index contributed by atoms with van der Waals surface area (Å²) in [5.41, 5.74) is 3.80. The van der Waals surface area contributed by atoms with Gasteiger partial charge in [-0.25, -0.2) is 0 Å². The largest absolute Gasteiger partial charge is 0.497 e. The van der Waals surface area contributed by atoms with E-state index in [1.165, 1.54) is 0 Å². The van der Waals surface area contributed by atoms with Gasteiger partial charge < -0.3 is 47.5 Å². The van der Waals surface area contributed by atoms with Gasteiger partial charge in [-0.1, -0.05) is 42.5 Å². The van der Waals surface area contributed by atoms with Crippen LogP contribution >= 0.6 is 7.60 Å². The van der Waals surface area contributed by atoms with Crippen molar-refractivity contribution in [1.29, 1.82) is 0 Å². The van der Waals surface area contributed by atoms with Gasteiger partial charge in [0.1, 0.15) is 19.0 Å². The Balaban J connectivity index is 1.34. The quantitative estimate of drug-likeness (QED) is 0.0380. The lowest BCUT2D eigenvalue weighted by Gasteiger charge is -2.28. The second-order valence-corrected chi connectivity index (χ2v) is 13.5. The van der Waals surface area contributed by atoms with E-state index >= 15 is 0 Å². The Morgan fingerprint density at radius 3 is 1.94 bits per heavy atom. The molecule has 13 heteroatoms. The lowest BCUT2D eigenvalue weighted by molar-refractivity contribution is -0.143. The highest BCUT2D eigenvalue weighted by atomic mass is 31.2. The first-order chi connectivity index (χ1) is 25.7. The molecule has 4 aromatic carbocycles. The Morgan fingerprint density at radius 1 is 0.698 bits per heavy atom. The predicted octanol–water partition coefficient (Wildman–Crippen LogP) is 8.44. The highest BCUT2D eigenvalue weighted by molar-refractivity contribution is 7.54. The van der Waals surface area contributed by atoms with Crippen molar-refractivity contribution >= 4 is 31.4 Å². The lowest BCUT2D eigenvalue weighted by atomic mass is 10.1. The number of hydrogen-bond acceptors (Lipinski definition) is 12. The number of nitrogens with one attached hydrogen (secondary N) is 1. The summed E-state index contributed by atoms with van der Waals surface area (Å²) in [7, 11) is 4.20. The van der Waals surface area contributed by atoms with Gasteiger partial charge in [0.05, 0.1) is 55.2 Å². The molecule has 0 amide bonds. The maximum atomic E-state index is 13.9. The van der Waals surface area contributed by atoms with Gasteiger partial charge in [-0.15, -0.1) is 0 Å². The highest BCUT2D eigenvalue weighted by Gasteiger charge is 2.37. The maximum Gasteiger partial charge on any atom is 0.357 e. The minimum absolute atomic E-state index is 0.0412. The van der Waals surface area contributed by atoms with Crippen LogP contribution in [0.25, 0.3) is 12.2 Å². The van der Waals surface area contributed by atoms with E-state index in [1.54, 1.807) is 85.8 Å². The van der Waals surface area contributed by atoms with Crippen LogP contribution in [0.1, 0.15) is 41.9 Å². The van der Waals surface area contributed by atoms with E-state index in [1.807, 2.05) is 54.6 Å². The molecule has 0 aliphatic rings. The third-order valence-electron chi connectivity index (χ3n) is 7.90. The molecule has 12 nitrogen and oxygen atoms in total. The number of hydrogen-bond donors (Lipinski definition) is 1. The van der Waals surface area contributed by atoms with Crippen molar-refractivity contribution in [3.05, 3.63) is 101 Å². The molecule has 53 heavy (non-hydrogen) atoms. The van der Waals surface area contributed by atoms with Crippen LogP contribution in [-0.4, -0.2) is 67.9 Å². The molecule has 1 unspecified atom stereocenters. The summed E-state index contributed by atoms with van der Waals surface area (Å²) in [5, 5.41) is 3.31. The molecule has 0 aliphatic heterocycles. The molecule has 0 bridgehead atoms. The molecule has 0 saturated carbocycles. The molecule has 0 aliphatic carbocycles. The number of esters is 1. The van der Waals surface area contributed by atoms with Crippen LogP contribution in [0, 0.1) is 0 Å². The van der Waals surface area contributed by atoms with Crippen molar-refractivity contribution in [2.45, 2.75) is 26.1 Å². The van der Waals surface area contributed by atoms with Gasteiger partial charge in [-0.05, 0) is 84.6 Å². The van der Waals surface area contributed by atoms with Crippen molar-refractivity contribution < 1.29 is 51.6 Å². The van der Waals surface area contributed by atoms with Crippen molar-refractivity contribution in [2.24, 2.45) is 0 Å². The number of carbonyl (C=O) groups is 1. The molecule has 284 valence electrons. The van der Waals surface area contributed by atoms with Gasteiger partial charge in [0.25, 0.3) is 0 Å². The van der Waals surface area contributed by atoms with E-state index < -0.39 is 19.3 Å². The van der Waals surface area contributed by atoms with Gasteiger partial charge in [0.2, 0.25) is 5.75 Å². The average molecular weight is 750 g/mol. The van der Waals surface area contributed by atoms with E-state index in [9.17, 15) is 9.36 Å². The number of rotatable bonds is 21. The number of ether oxygens (including phenoxy) is 7. The summed E-state index contributed by atoms with van der Waals surface area (Å²) >= 11 is 0. The number of benzene rings is 4. The third-order valence-corrected chi connectivity index (χ3v) is 10.2. The van der Waals surface area contributed by atoms with Crippen LogP contribution in [-0.2, 0) is 29.6 Å². The Labute approximate surface area is 311 Å². The zero-order chi connectivity index (χ0) is 38.2. The van der Waals surface area contributed by atoms with Crippen LogP contribution in [0.15, 0.2) is 78.9 Å². The summed E-state index contributed by atoms with van der Waals surface area (Å²) in [6, 6.07) is 23.7. The molecular formula is C40H48NO11P. The van der Waals surface area contributed by atoms with Gasteiger partial charge >= 0.3 is 13.6 Å². The molecule has 4 rings (SSSR count). The van der Waals surface area contributed by atoms with Gasteiger partial charge in [0.15, 0.2) is 28.8 Å². The Kier molecular flexibility index (Phi) is 15.5. The normalized spacial score (nSPS) is 11.8. The van der Waals surface area contributed by atoms with Crippen LogP contribution in [0.4, 0.5) is 5.69 Å². The van der Waals surface area contributed by atoms with Crippen LogP contribution in [0.3, 0.4) is 0 Å². The smallest absolute Gasteiger partial charge is 0.357 e. The molecule has 0 aromatic heterocycles. The van der Waals surface area contributed by atoms with Crippen LogP contribution < -0.4 is 33.7 Å². The molecule has 0 heterocycles. The zero-order valence-corrected chi connectivity index (χ0v) is 32.1. The highest BCUT2D eigenvalue weighted by Crippen LogP contribution is 2.61. The number of carbonyl (C=O) groups excluding carboxylic acids is 1. The topological polar surface area (TPSA) is 129 Å². The fourth-order valence-electron chi connectivity index (χ4n) is 5.40. The molecule has 0 saturated heterocycles. The first-order valence-electron chi connectivity index (χ1n) is 17.0. The maximum absolute atomic E-state index is 13.9. The van der Waals surface area contributed by atoms with Crippen molar-refractivity contribution in [1.82, 2.24) is 0 Å². The molecule has 0 spiro atoms. The first kappa shape index (κ1) is 40.6. The molecular weight excluding hydrogens is 701 g/mol. The van der Waals surface area contributed by atoms with Crippen molar-refractivity contribution in [2.75, 3.05) is 67.3 Å². The molecule has 0 radical (unpaired) electrons. The Bertz CT molecular complexity index is 1830. The predicted molar refractivity (Wildman–Crippen MR) is 205 cm³/mol. The fraction of sp³-hybridized carbons (Fsp3) is 0.325. The summed E-state index contributed by atoms with van der Waals surface area (Å²) < 4.78 is 63.8. The summed E-state index contributed by atoms with van der Waals surface area (Å²) in [5.74, 6) is 2.07. The first-order valence-corrected chi connectivity index (χ1v) is 18.6. The van der Waals surface area contributed by atoms with E-state index in [-0.39, 0.29) is 32.8 Å². The standard InChI is InChI=1S/C40H48NO11P/c1-8-51-53(43,52-9-2)40(31-11-10-12-33(27-31)44-3)41-32-18-15-29(16-19-32)26-38(42)50-22-21-49-35-23-28(17-20-34(35)45-4)13-14-30-24-36(46-5)39(48-7)37(25-30)47-6/h10-20,23-25,27,40-41H,8-9,21-22,26H2,1-7H3/b14-13-. The molecule has 0 fully saturated rings. The Morgan fingerprint density at radius 2 is 1.34 bits per heavy atom. The van der Waals surface area contributed by atoms with E-state index in [2.05, 4.69) is 5.32 Å². The summed E-state index contributed by atoms with van der Waals surface area (Å²) in [6.45, 7) is 4.11. The number of anilines is 1. The number of methoxy groups -OCH3 is 5.